The highest BCUT2D eigenvalue weighted by molar-refractivity contribution is 7.98. The molecule has 2 aromatic rings. The minimum Gasteiger partial charge on any atom is -0.395 e. The lowest BCUT2D eigenvalue weighted by Crippen LogP contribution is -2.09. The van der Waals surface area contributed by atoms with Crippen molar-refractivity contribution >= 4 is 28.9 Å². The Kier molecular flexibility index (Phi) is 5.24. The van der Waals surface area contributed by atoms with E-state index in [0.29, 0.717) is 17.3 Å². The van der Waals surface area contributed by atoms with E-state index in [1.165, 1.54) is 17.8 Å². The molecule has 20 heavy (non-hydrogen) atoms. The fraction of sp³-hybridized carbons (Fsp3) is 0.231. The van der Waals surface area contributed by atoms with E-state index in [1.807, 2.05) is 11.4 Å². The lowest BCUT2D eigenvalue weighted by Gasteiger charge is -1.99. The van der Waals surface area contributed by atoms with Crippen LogP contribution in [0.1, 0.15) is 16.9 Å². The molecule has 0 fully saturated rings. The first-order valence-corrected chi connectivity index (χ1v) is 7.70. The summed E-state index contributed by atoms with van der Waals surface area (Å²) in [7, 11) is 0. The molecule has 0 saturated heterocycles. The zero-order chi connectivity index (χ0) is 14.4. The number of nitrogens with two attached hydrogens (primary N) is 1. The summed E-state index contributed by atoms with van der Waals surface area (Å²) in [5, 5.41) is 11.1. The third-order valence-corrected chi connectivity index (χ3v) is 4.26. The standard InChI is InChI=1S/C13H13N3O2S2/c14-11-6-12(18)16-13(15-11)20-8-10-5-9(7-19-10)3-1-2-4-17/h5-7,17H,2,4,8H2,(H3,14,15,16,18). The summed E-state index contributed by atoms with van der Waals surface area (Å²) in [6.45, 7) is 0.0777. The molecule has 0 radical (unpaired) electrons. The lowest BCUT2D eigenvalue weighted by atomic mass is 10.3. The molecule has 5 nitrogen and oxygen atoms in total. The molecule has 0 aliphatic rings. The molecule has 0 aliphatic heterocycles. The number of hydrogen-bond acceptors (Lipinski definition) is 6. The second-order valence-corrected chi connectivity index (χ2v) is 5.80. The Balaban J connectivity index is 1.98. The van der Waals surface area contributed by atoms with Crippen molar-refractivity contribution in [3.63, 3.8) is 0 Å². The van der Waals surface area contributed by atoms with Gasteiger partial charge < -0.3 is 15.8 Å². The van der Waals surface area contributed by atoms with Gasteiger partial charge in [-0.15, -0.1) is 11.3 Å². The molecule has 0 atom stereocenters. The fourth-order valence-electron chi connectivity index (χ4n) is 1.40. The maximum atomic E-state index is 11.2. The van der Waals surface area contributed by atoms with Gasteiger partial charge >= 0.3 is 0 Å². The van der Waals surface area contributed by atoms with E-state index in [4.69, 9.17) is 10.8 Å². The first-order valence-electron chi connectivity index (χ1n) is 5.84. The van der Waals surface area contributed by atoms with Gasteiger partial charge in [0, 0.05) is 34.1 Å². The number of thioether (sulfide) groups is 1. The molecule has 104 valence electrons. The number of rotatable bonds is 4. The second kappa shape index (κ2) is 7.14. The van der Waals surface area contributed by atoms with E-state index in [0.717, 1.165) is 10.4 Å². The van der Waals surface area contributed by atoms with Crippen LogP contribution in [0.25, 0.3) is 0 Å². The van der Waals surface area contributed by atoms with E-state index < -0.39 is 0 Å². The van der Waals surface area contributed by atoms with Gasteiger partial charge in [-0.1, -0.05) is 23.6 Å². The molecule has 2 rings (SSSR count). The van der Waals surface area contributed by atoms with Gasteiger partial charge in [0.25, 0.3) is 5.56 Å². The SMILES string of the molecule is Nc1cc(=O)[nH]c(SCc2cc(C#CCCO)cs2)n1. The summed E-state index contributed by atoms with van der Waals surface area (Å²) in [5.74, 6) is 6.77. The summed E-state index contributed by atoms with van der Waals surface area (Å²) in [5.41, 5.74) is 6.21. The number of nitrogens with one attached hydrogen (secondary N) is 1. The molecule has 2 aromatic heterocycles. The number of aliphatic hydroxyl groups excluding tert-OH is 1. The highest BCUT2D eigenvalue weighted by Crippen LogP contribution is 2.23. The van der Waals surface area contributed by atoms with E-state index in [-0.39, 0.29) is 18.0 Å². The highest BCUT2D eigenvalue weighted by Gasteiger charge is 2.03. The first-order chi connectivity index (χ1) is 9.67. The van der Waals surface area contributed by atoms with Crippen LogP contribution in [0.3, 0.4) is 0 Å². The number of aromatic nitrogens is 2. The van der Waals surface area contributed by atoms with Gasteiger partial charge in [0.15, 0.2) is 5.16 Å². The van der Waals surface area contributed by atoms with Crippen LogP contribution < -0.4 is 11.3 Å². The number of nitrogens with zero attached hydrogens (tertiary/aromatic N) is 1. The number of aliphatic hydroxyl groups is 1. The molecule has 0 saturated carbocycles. The normalized spacial score (nSPS) is 10.1. The van der Waals surface area contributed by atoms with Gasteiger partial charge in [0.2, 0.25) is 0 Å². The Hall–Kier alpha value is -1.75. The van der Waals surface area contributed by atoms with Crippen molar-refractivity contribution in [3.05, 3.63) is 38.3 Å². The molecule has 0 unspecified atom stereocenters. The van der Waals surface area contributed by atoms with E-state index in [2.05, 4.69) is 21.8 Å². The Morgan fingerprint density at radius 2 is 2.35 bits per heavy atom. The monoisotopic (exact) mass is 307 g/mol. The second-order valence-electron chi connectivity index (χ2n) is 3.84. The van der Waals surface area contributed by atoms with Gasteiger partial charge in [0.1, 0.15) is 5.82 Å². The predicted molar refractivity (Wildman–Crippen MR) is 81.7 cm³/mol. The Morgan fingerprint density at radius 1 is 1.50 bits per heavy atom. The summed E-state index contributed by atoms with van der Waals surface area (Å²) in [6, 6.07) is 3.25. The van der Waals surface area contributed by atoms with Crippen molar-refractivity contribution in [1.82, 2.24) is 9.97 Å². The predicted octanol–water partition coefficient (Wildman–Crippen LogP) is 1.44. The summed E-state index contributed by atoms with van der Waals surface area (Å²) < 4.78 is 0. The minimum atomic E-state index is -0.248. The van der Waals surface area contributed by atoms with Crippen LogP contribution >= 0.6 is 23.1 Å². The first kappa shape index (κ1) is 14.7. The van der Waals surface area contributed by atoms with Crippen LogP contribution in [-0.2, 0) is 5.75 Å². The Morgan fingerprint density at radius 3 is 3.10 bits per heavy atom. The summed E-state index contributed by atoms with van der Waals surface area (Å²) in [4.78, 5) is 19.1. The van der Waals surface area contributed by atoms with Gasteiger partial charge in [-0.3, -0.25) is 4.79 Å². The number of nitrogen functional groups attached to an aromatic ring is 1. The van der Waals surface area contributed by atoms with Crippen LogP contribution in [0.5, 0.6) is 0 Å². The largest absolute Gasteiger partial charge is 0.395 e. The molecule has 4 N–H and O–H groups in total. The van der Waals surface area contributed by atoms with Crippen molar-refractivity contribution in [3.8, 4) is 11.8 Å². The number of thiophene rings is 1. The smallest absolute Gasteiger partial charge is 0.253 e. The van der Waals surface area contributed by atoms with Gasteiger partial charge in [-0.2, -0.15) is 0 Å². The number of aromatic amines is 1. The lowest BCUT2D eigenvalue weighted by molar-refractivity contribution is 0.305. The third-order valence-electron chi connectivity index (χ3n) is 2.21. The van der Waals surface area contributed by atoms with Crippen molar-refractivity contribution in [2.24, 2.45) is 0 Å². The third kappa shape index (κ3) is 4.42. The summed E-state index contributed by atoms with van der Waals surface area (Å²) >= 11 is 3.02. The Labute approximate surface area is 124 Å². The minimum absolute atomic E-state index is 0.0777. The van der Waals surface area contributed by atoms with E-state index in [9.17, 15) is 4.79 Å². The van der Waals surface area contributed by atoms with Crippen LogP contribution in [0.4, 0.5) is 5.82 Å². The van der Waals surface area contributed by atoms with Crippen molar-refractivity contribution in [2.75, 3.05) is 12.3 Å². The van der Waals surface area contributed by atoms with Gasteiger partial charge in [-0.25, -0.2) is 4.98 Å². The number of hydrogen-bond donors (Lipinski definition) is 3. The fourth-order valence-corrected chi connectivity index (χ4v) is 3.16. The topological polar surface area (TPSA) is 92.0 Å². The quantitative estimate of drug-likeness (QED) is 0.451. The maximum Gasteiger partial charge on any atom is 0.253 e. The van der Waals surface area contributed by atoms with Crippen LogP contribution in [0.2, 0.25) is 0 Å². The number of H-pyrrole nitrogens is 1. The molecular formula is C13H13N3O2S2. The zero-order valence-corrected chi connectivity index (χ0v) is 12.2. The molecule has 2 heterocycles. The highest BCUT2D eigenvalue weighted by atomic mass is 32.2. The molecule has 0 spiro atoms. The molecule has 0 aliphatic carbocycles. The van der Waals surface area contributed by atoms with Crippen LogP contribution in [0.15, 0.2) is 27.5 Å². The number of anilines is 1. The Bertz CT molecular complexity index is 697. The average Bonchev–Trinajstić information content (AvgIpc) is 2.84. The van der Waals surface area contributed by atoms with Crippen molar-refractivity contribution in [2.45, 2.75) is 17.3 Å². The van der Waals surface area contributed by atoms with Crippen LogP contribution in [0, 0.1) is 11.8 Å². The van der Waals surface area contributed by atoms with Crippen LogP contribution in [-0.4, -0.2) is 21.7 Å². The molecule has 0 aromatic carbocycles. The van der Waals surface area contributed by atoms with Gasteiger partial charge in [0.05, 0.1) is 6.61 Å². The molecule has 0 bridgehead atoms. The van der Waals surface area contributed by atoms with E-state index >= 15 is 0 Å². The molecular weight excluding hydrogens is 294 g/mol. The van der Waals surface area contributed by atoms with Crippen molar-refractivity contribution < 1.29 is 5.11 Å². The van der Waals surface area contributed by atoms with Crippen molar-refractivity contribution in [1.29, 1.82) is 0 Å². The summed E-state index contributed by atoms with van der Waals surface area (Å²) in [6.07, 6.45) is 0.481. The molecule has 7 heteroatoms. The average molecular weight is 307 g/mol. The maximum absolute atomic E-state index is 11.2. The van der Waals surface area contributed by atoms with Gasteiger partial charge in [-0.05, 0) is 6.07 Å². The molecule has 0 amide bonds. The zero-order valence-electron chi connectivity index (χ0n) is 10.5. The van der Waals surface area contributed by atoms with E-state index in [1.54, 1.807) is 11.3 Å².